The molecule has 5 heteroatoms. The fraction of sp³-hybridized carbons (Fsp3) is 0.583. The highest BCUT2D eigenvalue weighted by atomic mass is 16.5. The normalized spacial score (nSPS) is 14.4. The van der Waals surface area contributed by atoms with E-state index in [1.807, 2.05) is 19.9 Å². The minimum Gasteiger partial charge on any atom is -0.468 e. The highest BCUT2D eigenvalue weighted by Gasteiger charge is 2.24. The molecule has 0 amide bonds. The summed E-state index contributed by atoms with van der Waals surface area (Å²) in [6, 6.07) is 1.17. The Kier molecular flexibility index (Phi) is 4.72. The molecule has 0 spiro atoms. The van der Waals surface area contributed by atoms with Gasteiger partial charge in [-0.3, -0.25) is 10.1 Å². The van der Waals surface area contributed by atoms with Crippen molar-refractivity contribution in [2.75, 3.05) is 7.11 Å². The van der Waals surface area contributed by atoms with Gasteiger partial charge in [0.1, 0.15) is 17.6 Å². The summed E-state index contributed by atoms with van der Waals surface area (Å²) in [5.41, 5.74) is 0.969. The Morgan fingerprint density at radius 2 is 2.24 bits per heavy atom. The van der Waals surface area contributed by atoms with Crippen LogP contribution in [0.2, 0.25) is 0 Å². The molecule has 0 unspecified atom stereocenters. The molecule has 0 saturated heterocycles. The molecule has 2 N–H and O–H groups in total. The lowest BCUT2D eigenvalue weighted by Crippen LogP contribution is -2.45. The molecule has 0 saturated carbocycles. The summed E-state index contributed by atoms with van der Waals surface area (Å²) in [5.74, 6) is 1.16. The molecule has 96 valence electrons. The first-order chi connectivity index (χ1) is 7.95. The van der Waals surface area contributed by atoms with Crippen molar-refractivity contribution in [3.8, 4) is 0 Å². The fourth-order valence-corrected chi connectivity index (χ4v) is 1.66. The minimum absolute atomic E-state index is 0.452. The molecule has 0 bridgehead atoms. The summed E-state index contributed by atoms with van der Waals surface area (Å²) in [4.78, 5) is 11.4. The highest BCUT2D eigenvalue weighted by molar-refractivity contribution is 5.76. The molecule has 0 radical (unpaired) electrons. The molecule has 0 aliphatic rings. The van der Waals surface area contributed by atoms with E-state index in [1.54, 1.807) is 6.92 Å². The van der Waals surface area contributed by atoms with Gasteiger partial charge < -0.3 is 14.3 Å². The van der Waals surface area contributed by atoms with Gasteiger partial charge in [-0.05, 0) is 26.8 Å². The van der Waals surface area contributed by atoms with Crippen LogP contribution in [0.25, 0.3) is 0 Å². The number of nitrogens with one attached hydrogen (secondary N) is 1. The van der Waals surface area contributed by atoms with E-state index in [1.165, 1.54) is 7.11 Å². The van der Waals surface area contributed by atoms with Crippen molar-refractivity contribution < 1.29 is 19.1 Å². The van der Waals surface area contributed by atoms with E-state index in [9.17, 15) is 9.90 Å². The molecule has 2 atom stereocenters. The lowest BCUT2D eigenvalue weighted by Gasteiger charge is -2.18. The fourth-order valence-electron chi connectivity index (χ4n) is 1.66. The molecule has 0 aliphatic heterocycles. The third-order valence-electron chi connectivity index (χ3n) is 2.59. The Morgan fingerprint density at radius 1 is 1.59 bits per heavy atom. The number of methoxy groups -OCH3 is 1. The van der Waals surface area contributed by atoms with Crippen LogP contribution in [0.3, 0.4) is 0 Å². The standard InChI is InChI=1S/C12H19NO4/c1-7-5-10(9(3)17-7)6-13-11(8(2)14)12(15)16-4/h5,8,11,13-14H,6H2,1-4H3/t8-,11+/m1/s1. The van der Waals surface area contributed by atoms with Gasteiger partial charge in [-0.25, -0.2) is 0 Å². The topological polar surface area (TPSA) is 71.7 Å². The van der Waals surface area contributed by atoms with Gasteiger partial charge in [-0.2, -0.15) is 0 Å². The average molecular weight is 241 g/mol. The first kappa shape index (κ1) is 13.7. The van der Waals surface area contributed by atoms with E-state index in [0.29, 0.717) is 6.54 Å². The number of rotatable bonds is 5. The Hall–Kier alpha value is -1.33. The Balaban J connectivity index is 2.64. The van der Waals surface area contributed by atoms with E-state index in [4.69, 9.17) is 4.42 Å². The van der Waals surface area contributed by atoms with Crippen molar-refractivity contribution >= 4 is 5.97 Å². The van der Waals surface area contributed by atoms with Gasteiger partial charge in [0, 0.05) is 12.1 Å². The second kappa shape index (κ2) is 5.84. The van der Waals surface area contributed by atoms with Crippen molar-refractivity contribution in [3.63, 3.8) is 0 Å². The smallest absolute Gasteiger partial charge is 0.325 e. The van der Waals surface area contributed by atoms with Gasteiger partial charge >= 0.3 is 5.97 Å². The molecule has 17 heavy (non-hydrogen) atoms. The van der Waals surface area contributed by atoms with Gasteiger partial charge in [0.15, 0.2) is 0 Å². The number of carbonyl (C=O) groups excluding carboxylic acids is 1. The Bertz CT molecular complexity index is 384. The van der Waals surface area contributed by atoms with E-state index in [-0.39, 0.29) is 0 Å². The third-order valence-corrected chi connectivity index (χ3v) is 2.59. The number of aliphatic hydroxyl groups excluding tert-OH is 1. The predicted octanol–water partition coefficient (Wildman–Crippen LogP) is 0.908. The molecule has 5 nitrogen and oxygen atoms in total. The summed E-state index contributed by atoms with van der Waals surface area (Å²) in [6.07, 6.45) is -0.809. The lowest BCUT2D eigenvalue weighted by atomic mass is 10.1. The number of ether oxygens (including phenoxy) is 1. The van der Waals surface area contributed by atoms with Crippen molar-refractivity contribution in [1.82, 2.24) is 5.32 Å². The van der Waals surface area contributed by atoms with E-state index < -0.39 is 18.1 Å². The molecule has 0 aliphatic carbocycles. The van der Waals surface area contributed by atoms with Crippen LogP contribution in [0.4, 0.5) is 0 Å². The number of aryl methyl sites for hydroxylation is 2. The second-order valence-corrected chi connectivity index (χ2v) is 4.06. The van der Waals surface area contributed by atoms with Crippen molar-refractivity contribution in [2.45, 2.75) is 39.5 Å². The van der Waals surface area contributed by atoms with Crippen molar-refractivity contribution in [3.05, 3.63) is 23.2 Å². The van der Waals surface area contributed by atoms with Gasteiger partial charge in [-0.1, -0.05) is 0 Å². The maximum Gasteiger partial charge on any atom is 0.325 e. The largest absolute Gasteiger partial charge is 0.468 e. The van der Waals surface area contributed by atoms with E-state index >= 15 is 0 Å². The van der Waals surface area contributed by atoms with Crippen LogP contribution < -0.4 is 5.32 Å². The van der Waals surface area contributed by atoms with E-state index in [0.717, 1.165) is 17.1 Å². The molecular formula is C12H19NO4. The van der Waals surface area contributed by atoms with Gasteiger partial charge in [-0.15, -0.1) is 0 Å². The number of esters is 1. The van der Waals surface area contributed by atoms with Crippen LogP contribution in [0.15, 0.2) is 10.5 Å². The molecule has 1 rings (SSSR count). The number of hydrogen-bond acceptors (Lipinski definition) is 5. The Morgan fingerprint density at radius 3 is 2.65 bits per heavy atom. The predicted molar refractivity (Wildman–Crippen MR) is 62.5 cm³/mol. The first-order valence-corrected chi connectivity index (χ1v) is 5.51. The van der Waals surface area contributed by atoms with Gasteiger partial charge in [0.05, 0.1) is 13.2 Å². The maximum absolute atomic E-state index is 11.4. The summed E-state index contributed by atoms with van der Waals surface area (Å²) in [5, 5.41) is 12.4. The molecule has 0 fully saturated rings. The summed E-state index contributed by atoms with van der Waals surface area (Å²) in [6.45, 7) is 5.72. The van der Waals surface area contributed by atoms with Crippen LogP contribution >= 0.6 is 0 Å². The number of furan rings is 1. The first-order valence-electron chi connectivity index (χ1n) is 5.51. The zero-order valence-electron chi connectivity index (χ0n) is 10.6. The third kappa shape index (κ3) is 3.57. The number of hydrogen-bond donors (Lipinski definition) is 2. The lowest BCUT2D eigenvalue weighted by molar-refractivity contribution is -0.145. The summed E-state index contributed by atoms with van der Waals surface area (Å²) >= 11 is 0. The zero-order chi connectivity index (χ0) is 13.0. The highest BCUT2D eigenvalue weighted by Crippen LogP contribution is 2.13. The molecule has 0 aromatic carbocycles. The van der Waals surface area contributed by atoms with Crippen LogP contribution in [0.5, 0.6) is 0 Å². The summed E-state index contributed by atoms with van der Waals surface area (Å²) < 4.78 is 9.99. The maximum atomic E-state index is 11.4. The molecular weight excluding hydrogens is 222 g/mol. The van der Waals surface area contributed by atoms with Gasteiger partial charge in [0.25, 0.3) is 0 Å². The summed E-state index contributed by atoms with van der Waals surface area (Å²) in [7, 11) is 1.30. The van der Waals surface area contributed by atoms with Crippen LogP contribution in [-0.4, -0.2) is 30.3 Å². The van der Waals surface area contributed by atoms with Crippen LogP contribution in [0.1, 0.15) is 24.0 Å². The van der Waals surface area contributed by atoms with Crippen LogP contribution in [-0.2, 0) is 16.1 Å². The molecule has 1 aromatic heterocycles. The minimum atomic E-state index is -0.809. The van der Waals surface area contributed by atoms with Crippen molar-refractivity contribution in [1.29, 1.82) is 0 Å². The van der Waals surface area contributed by atoms with Crippen LogP contribution in [0, 0.1) is 13.8 Å². The monoisotopic (exact) mass is 241 g/mol. The average Bonchev–Trinajstić information content (AvgIpc) is 2.57. The van der Waals surface area contributed by atoms with Gasteiger partial charge in [0.2, 0.25) is 0 Å². The molecule has 1 heterocycles. The second-order valence-electron chi connectivity index (χ2n) is 4.06. The number of aliphatic hydroxyl groups is 1. The zero-order valence-corrected chi connectivity index (χ0v) is 10.6. The quantitative estimate of drug-likeness (QED) is 0.750. The molecule has 1 aromatic rings. The Labute approximate surface area is 101 Å². The number of carbonyl (C=O) groups is 1. The van der Waals surface area contributed by atoms with Crippen molar-refractivity contribution in [2.24, 2.45) is 0 Å². The van der Waals surface area contributed by atoms with E-state index in [2.05, 4.69) is 10.1 Å². The SMILES string of the molecule is COC(=O)[C@@H](NCc1cc(C)oc1C)[C@@H](C)O.